The van der Waals surface area contributed by atoms with Gasteiger partial charge in [-0.2, -0.15) is 0 Å². The molecule has 2 heterocycles. The van der Waals surface area contributed by atoms with Gasteiger partial charge in [0.15, 0.2) is 0 Å². The van der Waals surface area contributed by atoms with E-state index in [9.17, 15) is 4.79 Å². The number of hydrogen-bond acceptors (Lipinski definition) is 4. The van der Waals surface area contributed by atoms with Gasteiger partial charge in [-0.25, -0.2) is 9.97 Å². The number of ether oxygens (including phenoxy) is 1. The number of allylic oxidation sites excluding steroid dienone is 1. The third kappa shape index (κ3) is 3.37. The van der Waals surface area contributed by atoms with Crippen molar-refractivity contribution < 1.29 is 9.53 Å². The number of H-pyrrole nitrogens is 1. The van der Waals surface area contributed by atoms with Gasteiger partial charge < -0.3 is 15.0 Å². The van der Waals surface area contributed by atoms with Crippen molar-refractivity contribution >= 4 is 22.6 Å². The lowest BCUT2D eigenvalue weighted by Gasteiger charge is -2.07. The highest BCUT2D eigenvalue weighted by molar-refractivity contribution is 6.06. The molecule has 0 bridgehead atoms. The minimum Gasteiger partial charge on any atom is -0.472 e. The molecule has 0 fully saturated rings. The molecule has 1 aromatic carbocycles. The van der Waals surface area contributed by atoms with E-state index >= 15 is 0 Å². The van der Waals surface area contributed by atoms with Crippen molar-refractivity contribution in [2.24, 2.45) is 0 Å². The van der Waals surface area contributed by atoms with Crippen LogP contribution in [0.4, 0.5) is 5.69 Å². The average Bonchev–Trinajstić information content (AvgIpc) is 2.98. The topological polar surface area (TPSA) is 79.9 Å². The maximum atomic E-state index is 11.8. The van der Waals surface area contributed by atoms with Crippen LogP contribution >= 0.6 is 0 Å². The van der Waals surface area contributed by atoms with Crippen molar-refractivity contribution in [2.75, 3.05) is 5.32 Å². The van der Waals surface area contributed by atoms with Crippen LogP contribution in [0.1, 0.15) is 12.5 Å². The second-order valence-corrected chi connectivity index (χ2v) is 4.87. The fourth-order valence-corrected chi connectivity index (χ4v) is 2.19. The first kappa shape index (κ1) is 14.8. The predicted octanol–water partition coefficient (Wildman–Crippen LogP) is 3.05. The summed E-state index contributed by atoms with van der Waals surface area (Å²) in [6.45, 7) is 2.17. The van der Waals surface area contributed by atoms with E-state index in [-0.39, 0.29) is 5.91 Å². The van der Waals surface area contributed by atoms with Crippen LogP contribution in [0.3, 0.4) is 0 Å². The third-order valence-corrected chi connectivity index (χ3v) is 3.23. The van der Waals surface area contributed by atoms with Gasteiger partial charge in [-0.15, -0.1) is 0 Å². The van der Waals surface area contributed by atoms with E-state index in [0.29, 0.717) is 29.2 Å². The molecule has 0 aliphatic heterocycles. The van der Waals surface area contributed by atoms with Gasteiger partial charge in [0.2, 0.25) is 11.8 Å². The molecule has 2 N–H and O–H groups in total. The highest BCUT2D eigenvalue weighted by Crippen LogP contribution is 2.29. The number of carbonyl (C=O) groups excluding carboxylic acids is 1. The van der Waals surface area contributed by atoms with Crippen molar-refractivity contribution in [2.45, 2.75) is 13.5 Å². The Balaban J connectivity index is 1.87. The van der Waals surface area contributed by atoms with Crippen LogP contribution in [0.2, 0.25) is 0 Å². The van der Waals surface area contributed by atoms with Crippen LogP contribution in [0.25, 0.3) is 11.0 Å². The largest absolute Gasteiger partial charge is 0.472 e. The standard InChI is InChI=1S/C17H16N4O2/c1-2-6-14(22)21-13-9-18-16-15(13)17(20-11-19-16)23-10-12-7-4-3-5-8-12/h2-9,11H,10H2,1H3,(H,21,22)(H,18,19,20). The van der Waals surface area contributed by atoms with E-state index in [1.807, 2.05) is 30.3 Å². The number of benzene rings is 1. The molecule has 1 amide bonds. The summed E-state index contributed by atoms with van der Waals surface area (Å²) in [4.78, 5) is 23.1. The van der Waals surface area contributed by atoms with Gasteiger partial charge in [-0.1, -0.05) is 36.4 Å². The van der Waals surface area contributed by atoms with Gasteiger partial charge in [-0.3, -0.25) is 4.79 Å². The number of fused-ring (bicyclic) bond motifs is 1. The molecule has 0 atom stereocenters. The second-order valence-electron chi connectivity index (χ2n) is 4.87. The van der Waals surface area contributed by atoms with Gasteiger partial charge in [0.05, 0.1) is 5.69 Å². The fourth-order valence-electron chi connectivity index (χ4n) is 2.19. The first-order valence-electron chi connectivity index (χ1n) is 7.20. The molecule has 116 valence electrons. The molecule has 2 aromatic heterocycles. The summed E-state index contributed by atoms with van der Waals surface area (Å²) in [5.41, 5.74) is 2.24. The molecule has 3 aromatic rings. The lowest BCUT2D eigenvalue weighted by molar-refractivity contribution is -0.111. The molecule has 6 nitrogen and oxygen atoms in total. The molecular weight excluding hydrogens is 292 g/mol. The number of aromatic amines is 1. The first-order valence-corrected chi connectivity index (χ1v) is 7.20. The van der Waals surface area contributed by atoms with Gasteiger partial charge in [-0.05, 0) is 18.6 Å². The van der Waals surface area contributed by atoms with Crippen molar-refractivity contribution in [1.82, 2.24) is 15.0 Å². The molecule has 0 aliphatic carbocycles. The summed E-state index contributed by atoms with van der Waals surface area (Å²) in [5.74, 6) is 0.210. The Morgan fingerprint density at radius 1 is 1.30 bits per heavy atom. The maximum Gasteiger partial charge on any atom is 0.248 e. The number of rotatable bonds is 5. The van der Waals surface area contributed by atoms with E-state index in [1.54, 1.807) is 19.2 Å². The average molecular weight is 308 g/mol. The Morgan fingerprint density at radius 2 is 2.13 bits per heavy atom. The van der Waals surface area contributed by atoms with Gasteiger partial charge in [0.25, 0.3) is 0 Å². The van der Waals surface area contributed by atoms with Crippen LogP contribution < -0.4 is 10.1 Å². The first-order chi connectivity index (χ1) is 11.3. The molecule has 0 spiro atoms. The van der Waals surface area contributed by atoms with Crippen LogP contribution in [-0.4, -0.2) is 20.9 Å². The molecule has 6 heteroatoms. The number of nitrogens with one attached hydrogen (secondary N) is 2. The summed E-state index contributed by atoms with van der Waals surface area (Å²) < 4.78 is 5.81. The summed E-state index contributed by atoms with van der Waals surface area (Å²) >= 11 is 0. The van der Waals surface area contributed by atoms with Crippen LogP contribution in [-0.2, 0) is 11.4 Å². The number of hydrogen-bond donors (Lipinski definition) is 2. The number of anilines is 1. The van der Waals surface area contributed by atoms with Gasteiger partial charge >= 0.3 is 0 Å². The lowest BCUT2D eigenvalue weighted by Crippen LogP contribution is -2.07. The zero-order chi connectivity index (χ0) is 16.1. The Hall–Kier alpha value is -3.15. The molecule has 0 aliphatic rings. The van der Waals surface area contributed by atoms with E-state index in [2.05, 4.69) is 20.3 Å². The smallest absolute Gasteiger partial charge is 0.248 e. The number of nitrogens with zero attached hydrogens (tertiary/aromatic N) is 2. The monoisotopic (exact) mass is 308 g/mol. The van der Waals surface area contributed by atoms with Crippen LogP contribution in [0.5, 0.6) is 5.88 Å². The van der Waals surface area contributed by atoms with E-state index in [4.69, 9.17) is 4.74 Å². The molecule has 0 unspecified atom stereocenters. The van der Waals surface area contributed by atoms with E-state index in [0.717, 1.165) is 5.56 Å². The number of amides is 1. The summed E-state index contributed by atoms with van der Waals surface area (Å²) in [7, 11) is 0. The van der Waals surface area contributed by atoms with E-state index in [1.165, 1.54) is 12.4 Å². The lowest BCUT2D eigenvalue weighted by atomic mass is 10.2. The second kappa shape index (κ2) is 6.74. The summed E-state index contributed by atoms with van der Waals surface area (Å²) in [6, 6.07) is 9.81. The Labute approximate surface area is 133 Å². The molecule has 23 heavy (non-hydrogen) atoms. The summed E-state index contributed by atoms with van der Waals surface area (Å²) in [6.07, 6.45) is 6.23. The van der Waals surface area contributed by atoms with Crippen LogP contribution in [0, 0.1) is 0 Å². The Bertz CT molecular complexity index is 840. The van der Waals surface area contributed by atoms with Crippen molar-refractivity contribution in [3.05, 3.63) is 60.6 Å². The molecule has 0 saturated carbocycles. The highest BCUT2D eigenvalue weighted by Gasteiger charge is 2.13. The van der Waals surface area contributed by atoms with Crippen molar-refractivity contribution in [1.29, 1.82) is 0 Å². The van der Waals surface area contributed by atoms with E-state index < -0.39 is 0 Å². The summed E-state index contributed by atoms with van der Waals surface area (Å²) in [5, 5.41) is 3.44. The molecule has 3 rings (SSSR count). The van der Waals surface area contributed by atoms with Crippen molar-refractivity contribution in [3.63, 3.8) is 0 Å². The SMILES string of the molecule is CC=CC(=O)Nc1c[nH]c2ncnc(OCc3ccccc3)c12. The molecular formula is C17H16N4O2. The highest BCUT2D eigenvalue weighted by atomic mass is 16.5. The van der Waals surface area contributed by atoms with Gasteiger partial charge in [0.1, 0.15) is 24.0 Å². The Kier molecular flexibility index (Phi) is 4.33. The minimum absolute atomic E-state index is 0.216. The normalized spacial score (nSPS) is 11.0. The quantitative estimate of drug-likeness (QED) is 0.710. The number of aromatic nitrogens is 3. The molecule has 0 saturated heterocycles. The zero-order valence-corrected chi connectivity index (χ0v) is 12.6. The maximum absolute atomic E-state index is 11.8. The fraction of sp³-hybridized carbons (Fsp3) is 0.118. The Morgan fingerprint density at radius 3 is 2.91 bits per heavy atom. The minimum atomic E-state index is -0.216. The van der Waals surface area contributed by atoms with Crippen molar-refractivity contribution in [3.8, 4) is 5.88 Å². The van der Waals surface area contributed by atoms with Crippen LogP contribution in [0.15, 0.2) is 55.0 Å². The van der Waals surface area contributed by atoms with Gasteiger partial charge in [0, 0.05) is 6.20 Å². The third-order valence-electron chi connectivity index (χ3n) is 3.23. The molecule has 0 radical (unpaired) electrons. The predicted molar refractivity (Wildman–Crippen MR) is 88.1 cm³/mol. The number of carbonyl (C=O) groups is 1. The zero-order valence-electron chi connectivity index (χ0n) is 12.6.